The third-order valence-electron chi connectivity index (χ3n) is 3.83. The summed E-state index contributed by atoms with van der Waals surface area (Å²) in [4.78, 5) is 13.2. The Balaban J connectivity index is 2.33. The smallest absolute Gasteiger partial charge is 0.333 e. The molecule has 0 amide bonds. The summed E-state index contributed by atoms with van der Waals surface area (Å²) in [5.41, 5.74) is 6.62. The van der Waals surface area contributed by atoms with Crippen molar-refractivity contribution < 1.29 is 9.66 Å². The van der Waals surface area contributed by atoms with E-state index in [9.17, 15) is 10.1 Å². The topological polar surface area (TPSA) is 81.6 Å². The molecule has 1 heterocycles. The van der Waals surface area contributed by atoms with Crippen molar-refractivity contribution in [2.45, 2.75) is 39.3 Å². The Labute approximate surface area is 125 Å². The van der Waals surface area contributed by atoms with Crippen molar-refractivity contribution in [1.29, 1.82) is 0 Å². The molecule has 0 aromatic heterocycles. The van der Waals surface area contributed by atoms with E-state index in [4.69, 9.17) is 10.5 Å². The minimum Gasteiger partial charge on any atom is -0.484 e. The van der Waals surface area contributed by atoms with Gasteiger partial charge in [0.25, 0.3) is 0 Å². The number of nitrogens with zero attached hydrogens (tertiary/aromatic N) is 2. The Morgan fingerprint density at radius 3 is 2.67 bits per heavy atom. The zero-order valence-corrected chi connectivity index (χ0v) is 12.8. The average molecular weight is 293 g/mol. The van der Waals surface area contributed by atoms with Crippen LogP contribution in [-0.4, -0.2) is 30.2 Å². The number of hydrogen-bond acceptors (Lipinski definition) is 5. The van der Waals surface area contributed by atoms with E-state index in [-0.39, 0.29) is 22.8 Å². The molecule has 1 saturated heterocycles. The van der Waals surface area contributed by atoms with Crippen molar-refractivity contribution in [3.8, 4) is 5.75 Å². The van der Waals surface area contributed by atoms with Gasteiger partial charge in [-0.15, -0.1) is 0 Å². The lowest BCUT2D eigenvalue weighted by atomic mass is 10.0. The maximum atomic E-state index is 11.5. The van der Waals surface area contributed by atoms with Crippen molar-refractivity contribution in [3.63, 3.8) is 0 Å². The minimum atomic E-state index is -0.355. The maximum absolute atomic E-state index is 11.5. The molecule has 21 heavy (non-hydrogen) atoms. The standard InChI is InChI=1S/C15H23N3O3/c1-10(2)21-14-6-4-5-13(15(14)18(19)20)17-8-7-12(9-17)11(3)16/h4-6,10-12H,7-9,16H2,1-3H3. The van der Waals surface area contributed by atoms with Gasteiger partial charge in [-0.25, -0.2) is 0 Å². The van der Waals surface area contributed by atoms with Gasteiger partial charge >= 0.3 is 5.69 Å². The van der Waals surface area contributed by atoms with Crippen molar-refractivity contribution >= 4 is 11.4 Å². The van der Waals surface area contributed by atoms with Gasteiger partial charge in [0.05, 0.1) is 11.0 Å². The fourth-order valence-corrected chi connectivity index (χ4v) is 2.73. The molecule has 0 bridgehead atoms. The number of nitro groups is 1. The van der Waals surface area contributed by atoms with E-state index in [1.807, 2.05) is 25.7 Å². The van der Waals surface area contributed by atoms with E-state index in [0.717, 1.165) is 19.5 Å². The molecule has 1 aromatic carbocycles. The van der Waals surface area contributed by atoms with Crippen LogP contribution in [0.1, 0.15) is 27.2 Å². The van der Waals surface area contributed by atoms with Gasteiger partial charge < -0.3 is 15.4 Å². The van der Waals surface area contributed by atoms with E-state index in [1.54, 1.807) is 18.2 Å². The van der Waals surface area contributed by atoms with E-state index in [0.29, 0.717) is 17.4 Å². The number of ether oxygens (including phenoxy) is 1. The highest BCUT2D eigenvalue weighted by atomic mass is 16.6. The molecule has 6 nitrogen and oxygen atoms in total. The Morgan fingerprint density at radius 2 is 2.14 bits per heavy atom. The third-order valence-corrected chi connectivity index (χ3v) is 3.83. The highest BCUT2D eigenvalue weighted by Crippen LogP contribution is 2.39. The van der Waals surface area contributed by atoms with Gasteiger partial charge in [-0.05, 0) is 45.2 Å². The summed E-state index contributed by atoms with van der Waals surface area (Å²) in [6.45, 7) is 7.25. The second-order valence-corrected chi connectivity index (χ2v) is 5.90. The number of rotatable bonds is 5. The van der Waals surface area contributed by atoms with Gasteiger partial charge in [-0.2, -0.15) is 0 Å². The summed E-state index contributed by atoms with van der Waals surface area (Å²) in [6, 6.07) is 5.35. The molecule has 1 aromatic rings. The molecule has 0 saturated carbocycles. The van der Waals surface area contributed by atoms with Gasteiger partial charge in [0.2, 0.25) is 0 Å². The van der Waals surface area contributed by atoms with Crippen molar-refractivity contribution in [2.75, 3.05) is 18.0 Å². The van der Waals surface area contributed by atoms with Crippen LogP contribution in [0.25, 0.3) is 0 Å². The van der Waals surface area contributed by atoms with Crippen LogP contribution in [0.4, 0.5) is 11.4 Å². The van der Waals surface area contributed by atoms with E-state index < -0.39 is 0 Å². The van der Waals surface area contributed by atoms with Gasteiger partial charge in [-0.1, -0.05) is 6.07 Å². The fourth-order valence-electron chi connectivity index (χ4n) is 2.73. The molecule has 2 atom stereocenters. The average Bonchev–Trinajstić information content (AvgIpc) is 2.86. The summed E-state index contributed by atoms with van der Waals surface area (Å²) in [5, 5.41) is 11.5. The lowest BCUT2D eigenvalue weighted by molar-refractivity contribution is -0.385. The fraction of sp³-hybridized carbons (Fsp3) is 0.600. The van der Waals surface area contributed by atoms with Crippen LogP contribution >= 0.6 is 0 Å². The van der Waals surface area contributed by atoms with Crippen LogP contribution in [0.3, 0.4) is 0 Å². The van der Waals surface area contributed by atoms with Gasteiger partial charge in [0, 0.05) is 19.1 Å². The quantitative estimate of drug-likeness (QED) is 0.666. The second-order valence-electron chi connectivity index (χ2n) is 5.90. The summed E-state index contributed by atoms with van der Waals surface area (Å²) in [6.07, 6.45) is 0.860. The Morgan fingerprint density at radius 1 is 1.43 bits per heavy atom. The zero-order valence-electron chi connectivity index (χ0n) is 12.8. The Bertz CT molecular complexity index is 517. The van der Waals surface area contributed by atoms with E-state index in [1.165, 1.54) is 0 Å². The summed E-state index contributed by atoms with van der Waals surface area (Å²) < 4.78 is 5.59. The lowest BCUT2D eigenvalue weighted by Gasteiger charge is -2.21. The summed E-state index contributed by atoms with van der Waals surface area (Å²) in [7, 11) is 0. The van der Waals surface area contributed by atoms with Gasteiger partial charge in [-0.3, -0.25) is 10.1 Å². The Kier molecular flexibility index (Phi) is 4.67. The lowest BCUT2D eigenvalue weighted by Crippen LogP contribution is -2.30. The molecule has 116 valence electrons. The molecule has 2 unspecified atom stereocenters. The molecular weight excluding hydrogens is 270 g/mol. The highest BCUT2D eigenvalue weighted by molar-refractivity contribution is 5.70. The number of para-hydroxylation sites is 1. The normalized spacial score (nSPS) is 19.9. The first-order valence-electron chi connectivity index (χ1n) is 7.34. The molecule has 2 rings (SSSR count). The van der Waals surface area contributed by atoms with Crippen LogP contribution in [0, 0.1) is 16.0 Å². The highest BCUT2D eigenvalue weighted by Gasteiger charge is 2.31. The van der Waals surface area contributed by atoms with E-state index in [2.05, 4.69) is 0 Å². The second kappa shape index (κ2) is 6.30. The third kappa shape index (κ3) is 3.44. The van der Waals surface area contributed by atoms with Crippen molar-refractivity contribution in [1.82, 2.24) is 0 Å². The molecule has 1 aliphatic rings. The molecule has 0 aliphatic carbocycles. The predicted molar refractivity (Wildman–Crippen MR) is 82.8 cm³/mol. The number of nitrogens with two attached hydrogens (primary N) is 1. The number of benzene rings is 1. The molecule has 1 aliphatic heterocycles. The van der Waals surface area contributed by atoms with Crippen LogP contribution in [0.5, 0.6) is 5.75 Å². The van der Waals surface area contributed by atoms with Gasteiger partial charge in [0.15, 0.2) is 5.75 Å². The van der Waals surface area contributed by atoms with E-state index >= 15 is 0 Å². The largest absolute Gasteiger partial charge is 0.484 e. The molecule has 6 heteroatoms. The molecule has 2 N–H and O–H groups in total. The SMILES string of the molecule is CC(C)Oc1cccc(N2CCC(C(C)N)C2)c1[N+](=O)[O-]. The minimum absolute atomic E-state index is 0.0523. The number of hydrogen-bond donors (Lipinski definition) is 1. The molecular formula is C15H23N3O3. The maximum Gasteiger partial charge on any atom is 0.333 e. The predicted octanol–water partition coefficient (Wildman–Crippen LogP) is 2.56. The van der Waals surface area contributed by atoms with Gasteiger partial charge in [0.1, 0.15) is 5.69 Å². The summed E-state index contributed by atoms with van der Waals surface area (Å²) in [5.74, 6) is 0.705. The number of nitro benzene ring substituents is 1. The monoisotopic (exact) mass is 293 g/mol. The first-order chi connectivity index (χ1) is 9.90. The summed E-state index contributed by atoms with van der Waals surface area (Å²) >= 11 is 0. The van der Waals surface area contributed by atoms with Crippen LogP contribution < -0.4 is 15.4 Å². The molecule has 1 fully saturated rings. The Hall–Kier alpha value is -1.82. The van der Waals surface area contributed by atoms with Crippen LogP contribution in [0.15, 0.2) is 18.2 Å². The van der Waals surface area contributed by atoms with Crippen LogP contribution in [-0.2, 0) is 0 Å². The molecule has 0 radical (unpaired) electrons. The first-order valence-corrected chi connectivity index (χ1v) is 7.34. The van der Waals surface area contributed by atoms with Crippen molar-refractivity contribution in [2.24, 2.45) is 11.7 Å². The first kappa shape index (κ1) is 15.6. The van der Waals surface area contributed by atoms with Crippen LogP contribution in [0.2, 0.25) is 0 Å². The number of anilines is 1. The molecule has 0 spiro atoms. The zero-order chi connectivity index (χ0) is 15.6. The van der Waals surface area contributed by atoms with Crippen molar-refractivity contribution in [3.05, 3.63) is 28.3 Å².